The van der Waals surface area contributed by atoms with Gasteiger partial charge in [-0.05, 0) is 39.2 Å². The summed E-state index contributed by atoms with van der Waals surface area (Å²) in [5.74, 6) is 1.79. The summed E-state index contributed by atoms with van der Waals surface area (Å²) in [4.78, 5) is 4.47. The molecule has 1 N–H and O–H groups in total. The summed E-state index contributed by atoms with van der Waals surface area (Å²) < 4.78 is 30.8. The predicted molar refractivity (Wildman–Crippen MR) is 99.9 cm³/mol. The van der Waals surface area contributed by atoms with Gasteiger partial charge < -0.3 is 9.84 Å². The lowest BCUT2D eigenvalue weighted by Gasteiger charge is -2.31. The lowest BCUT2D eigenvalue weighted by molar-refractivity contribution is 0.255. The van der Waals surface area contributed by atoms with E-state index in [4.69, 9.17) is 4.52 Å². The van der Waals surface area contributed by atoms with Gasteiger partial charge in [-0.3, -0.25) is 0 Å². The van der Waals surface area contributed by atoms with Gasteiger partial charge in [-0.2, -0.15) is 4.98 Å². The molecule has 0 saturated carbocycles. The minimum atomic E-state index is -3.06. The summed E-state index contributed by atoms with van der Waals surface area (Å²) in [6, 6.07) is 9.69. The summed E-state index contributed by atoms with van der Waals surface area (Å²) in [6.07, 6.45) is 1.75. The van der Waals surface area contributed by atoms with Gasteiger partial charge in [0, 0.05) is 18.7 Å². The van der Waals surface area contributed by atoms with E-state index in [-0.39, 0.29) is 11.8 Å². The Hall–Kier alpha value is -1.77. The number of hydrogen-bond donors (Lipinski definition) is 1. The van der Waals surface area contributed by atoms with Crippen LogP contribution >= 0.6 is 0 Å². The Balaban J connectivity index is 1.49. The summed E-state index contributed by atoms with van der Waals surface area (Å²) >= 11 is 0. The first-order valence-electron chi connectivity index (χ1n) is 9.10. The van der Waals surface area contributed by atoms with Crippen molar-refractivity contribution in [1.82, 2.24) is 19.8 Å². The van der Waals surface area contributed by atoms with Gasteiger partial charge in [0.1, 0.15) is 0 Å². The van der Waals surface area contributed by atoms with Crippen LogP contribution < -0.4 is 5.32 Å². The van der Waals surface area contributed by atoms with Crippen LogP contribution in [0.25, 0.3) is 11.4 Å². The molecule has 0 aliphatic carbocycles. The minimum Gasteiger partial charge on any atom is -0.337 e. The zero-order chi connectivity index (χ0) is 18.6. The molecule has 7 nitrogen and oxygen atoms in total. The quantitative estimate of drug-likeness (QED) is 0.796. The second-order valence-electron chi connectivity index (χ2n) is 6.70. The molecule has 1 aromatic carbocycles. The molecule has 0 spiro atoms. The number of hydrogen-bond acceptors (Lipinski definition) is 6. The standard InChI is InChI=1S/C18H26N4O3S/c1-3-26(23,24)22-11-9-15(10-12-22)13-19-14(2)18-20-17(21-25-18)16-7-5-4-6-8-16/h4-8,14-15,19H,3,9-13H2,1-2H3. The van der Waals surface area contributed by atoms with Gasteiger partial charge in [0.2, 0.25) is 21.7 Å². The number of sulfonamides is 1. The molecule has 2 aromatic rings. The van der Waals surface area contributed by atoms with Crippen LogP contribution in [0, 0.1) is 5.92 Å². The molecule has 3 rings (SSSR count). The maximum Gasteiger partial charge on any atom is 0.243 e. The molecule has 1 aliphatic heterocycles. The molecule has 8 heteroatoms. The van der Waals surface area contributed by atoms with Gasteiger partial charge in [0.25, 0.3) is 0 Å². The van der Waals surface area contributed by atoms with Crippen molar-refractivity contribution in [3.05, 3.63) is 36.2 Å². The highest BCUT2D eigenvalue weighted by molar-refractivity contribution is 7.89. The highest BCUT2D eigenvalue weighted by Crippen LogP contribution is 2.21. The van der Waals surface area contributed by atoms with Crippen molar-refractivity contribution >= 4 is 10.0 Å². The van der Waals surface area contributed by atoms with Crippen LogP contribution in [0.2, 0.25) is 0 Å². The largest absolute Gasteiger partial charge is 0.337 e. The molecular weight excluding hydrogens is 352 g/mol. The number of aromatic nitrogens is 2. The molecule has 1 aliphatic rings. The fourth-order valence-electron chi connectivity index (χ4n) is 3.12. The van der Waals surface area contributed by atoms with E-state index < -0.39 is 10.0 Å². The highest BCUT2D eigenvalue weighted by Gasteiger charge is 2.27. The number of nitrogens with one attached hydrogen (secondary N) is 1. The monoisotopic (exact) mass is 378 g/mol. The van der Waals surface area contributed by atoms with E-state index in [2.05, 4.69) is 15.5 Å². The van der Waals surface area contributed by atoms with E-state index in [1.807, 2.05) is 37.3 Å². The maximum atomic E-state index is 11.9. The topological polar surface area (TPSA) is 88.3 Å². The first-order chi connectivity index (χ1) is 12.5. The Morgan fingerprint density at radius 1 is 1.27 bits per heavy atom. The van der Waals surface area contributed by atoms with Crippen LogP contribution in [0.4, 0.5) is 0 Å². The van der Waals surface area contributed by atoms with Crippen molar-refractivity contribution in [1.29, 1.82) is 0 Å². The minimum absolute atomic E-state index is 0.0441. The van der Waals surface area contributed by atoms with E-state index in [1.165, 1.54) is 0 Å². The Kier molecular flexibility index (Phi) is 6.05. The summed E-state index contributed by atoms with van der Waals surface area (Å²) in [7, 11) is -3.06. The van der Waals surface area contributed by atoms with E-state index in [0.717, 1.165) is 24.9 Å². The Bertz CT molecular complexity index is 799. The first kappa shape index (κ1) is 19.0. The van der Waals surface area contributed by atoms with Gasteiger partial charge in [0.15, 0.2) is 0 Å². The molecule has 1 aromatic heterocycles. The average Bonchev–Trinajstić information content (AvgIpc) is 3.17. The molecule has 2 heterocycles. The Morgan fingerprint density at radius 3 is 2.62 bits per heavy atom. The molecule has 1 atom stereocenters. The zero-order valence-electron chi connectivity index (χ0n) is 15.3. The van der Waals surface area contributed by atoms with Crippen molar-refractivity contribution < 1.29 is 12.9 Å². The lowest BCUT2D eigenvalue weighted by Crippen LogP contribution is -2.41. The van der Waals surface area contributed by atoms with Crippen molar-refractivity contribution in [2.24, 2.45) is 5.92 Å². The third-order valence-electron chi connectivity index (χ3n) is 4.89. The fraction of sp³-hybridized carbons (Fsp3) is 0.556. The van der Waals surface area contributed by atoms with Crippen LogP contribution in [0.1, 0.15) is 38.6 Å². The highest BCUT2D eigenvalue weighted by atomic mass is 32.2. The van der Waals surface area contributed by atoms with Crippen LogP contribution in [0.3, 0.4) is 0 Å². The molecule has 142 valence electrons. The van der Waals surface area contributed by atoms with Crippen LogP contribution in [0.15, 0.2) is 34.9 Å². The third-order valence-corrected chi connectivity index (χ3v) is 6.77. The lowest BCUT2D eigenvalue weighted by atomic mass is 9.98. The Labute approximate surface area is 154 Å². The number of benzene rings is 1. The van der Waals surface area contributed by atoms with Gasteiger partial charge >= 0.3 is 0 Å². The van der Waals surface area contributed by atoms with E-state index in [9.17, 15) is 8.42 Å². The summed E-state index contributed by atoms with van der Waals surface area (Å²) in [6.45, 7) is 5.72. The van der Waals surface area contributed by atoms with Crippen LogP contribution in [0.5, 0.6) is 0 Å². The average molecular weight is 378 g/mol. The van der Waals surface area contributed by atoms with Gasteiger partial charge in [-0.25, -0.2) is 12.7 Å². The Morgan fingerprint density at radius 2 is 1.96 bits per heavy atom. The summed E-state index contributed by atoms with van der Waals surface area (Å²) in [5, 5.41) is 7.49. The predicted octanol–water partition coefficient (Wildman–Crippen LogP) is 2.45. The van der Waals surface area contributed by atoms with E-state index >= 15 is 0 Å². The second kappa shape index (κ2) is 8.28. The van der Waals surface area contributed by atoms with Crippen molar-refractivity contribution in [2.45, 2.75) is 32.7 Å². The molecule has 0 amide bonds. The van der Waals surface area contributed by atoms with Gasteiger partial charge in [-0.15, -0.1) is 0 Å². The maximum absolute atomic E-state index is 11.9. The number of piperidine rings is 1. The smallest absolute Gasteiger partial charge is 0.243 e. The second-order valence-corrected chi connectivity index (χ2v) is 8.95. The zero-order valence-corrected chi connectivity index (χ0v) is 16.1. The molecule has 1 fully saturated rings. The first-order valence-corrected chi connectivity index (χ1v) is 10.7. The normalized spacial score (nSPS) is 18.1. The van der Waals surface area contributed by atoms with Crippen molar-refractivity contribution in [3.63, 3.8) is 0 Å². The molecule has 26 heavy (non-hydrogen) atoms. The molecular formula is C18H26N4O3S. The summed E-state index contributed by atoms with van der Waals surface area (Å²) in [5.41, 5.74) is 0.930. The van der Waals surface area contributed by atoms with Crippen molar-refractivity contribution in [2.75, 3.05) is 25.4 Å². The van der Waals surface area contributed by atoms with Gasteiger partial charge in [0.05, 0.1) is 11.8 Å². The number of nitrogens with zero attached hydrogens (tertiary/aromatic N) is 3. The SMILES string of the molecule is CCS(=O)(=O)N1CCC(CNC(C)c2nc(-c3ccccc3)no2)CC1. The molecule has 1 saturated heterocycles. The molecule has 1 unspecified atom stereocenters. The third kappa shape index (κ3) is 4.49. The van der Waals surface area contributed by atoms with Crippen LogP contribution in [-0.2, 0) is 10.0 Å². The van der Waals surface area contributed by atoms with E-state index in [1.54, 1.807) is 11.2 Å². The fourth-order valence-corrected chi connectivity index (χ4v) is 4.25. The van der Waals surface area contributed by atoms with Crippen molar-refractivity contribution in [3.8, 4) is 11.4 Å². The molecule has 0 bridgehead atoms. The molecule has 0 radical (unpaired) electrons. The number of rotatable bonds is 7. The van der Waals surface area contributed by atoms with E-state index in [0.29, 0.717) is 30.7 Å². The van der Waals surface area contributed by atoms with Crippen LogP contribution in [-0.4, -0.2) is 48.3 Å². The van der Waals surface area contributed by atoms with Gasteiger partial charge in [-0.1, -0.05) is 35.5 Å².